The molecule has 154 valence electrons. The molecule has 0 bridgehead atoms. The molecule has 4 rings (SSSR count). The third-order valence-electron chi connectivity index (χ3n) is 6.14. The third-order valence-corrected chi connectivity index (χ3v) is 7.18. The number of hydrogen-bond acceptors (Lipinski definition) is 5. The van der Waals surface area contributed by atoms with Crippen LogP contribution in [-0.4, -0.2) is 57.9 Å². The predicted octanol–water partition coefficient (Wildman–Crippen LogP) is 2.80. The molecule has 8 heteroatoms. The highest BCUT2D eigenvalue weighted by molar-refractivity contribution is 8.13. The fraction of sp³-hybridized carbons (Fsp3) is 0.476. The van der Waals surface area contributed by atoms with E-state index in [2.05, 4.69) is 9.88 Å². The van der Waals surface area contributed by atoms with Crippen molar-refractivity contribution in [3.05, 3.63) is 53.5 Å². The van der Waals surface area contributed by atoms with Crippen molar-refractivity contribution in [1.82, 2.24) is 9.88 Å². The molecule has 1 saturated heterocycles. The second kappa shape index (κ2) is 7.91. The second-order valence-corrected chi connectivity index (χ2v) is 9.10. The van der Waals surface area contributed by atoms with Gasteiger partial charge in [-0.1, -0.05) is 23.9 Å². The van der Waals surface area contributed by atoms with Gasteiger partial charge in [-0.2, -0.15) is 5.41 Å². The van der Waals surface area contributed by atoms with E-state index in [-0.39, 0.29) is 11.2 Å². The second-order valence-electron chi connectivity index (χ2n) is 8.02. The van der Waals surface area contributed by atoms with E-state index >= 15 is 0 Å². The summed E-state index contributed by atoms with van der Waals surface area (Å²) in [4.78, 5) is 6.55. The summed E-state index contributed by atoms with van der Waals surface area (Å²) < 4.78 is 20.2. The number of nitrogens with one attached hydrogen (secondary N) is 1. The number of aryl methyl sites for hydroxylation is 1. The molecule has 0 amide bonds. The Morgan fingerprint density at radius 3 is 2.90 bits per heavy atom. The summed E-state index contributed by atoms with van der Waals surface area (Å²) in [5.41, 5.74) is 8.35. The zero-order chi connectivity index (χ0) is 20.6. The molecule has 2 heterocycles. The van der Waals surface area contributed by atoms with Crippen molar-refractivity contribution in [2.75, 3.05) is 32.4 Å². The lowest BCUT2D eigenvalue weighted by Crippen LogP contribution is -2.30. The van der Waals surface area contributed by atoms with Gasteiger partial charge in [0.1, 0.15) is 5.82 Å². The molecule has 6 nitrogen and oxygen atoms in total. The summed E-state index contributed by atoms with van der Waals surface area (Å²) in [6.45, 7) is 5.02. The average Bonchev–Trinajstić information content (AvgIpc) is 3.05. The molecule has 1 aliphatic heterocycles. The van der Waals surface area contributed by atoms with Crippen LogP contribution in [0.4, 0.5) is 4.39 Å². The average molecular weight is 417 g/mol. The van der Waals surface area contributed by atoms with Gasteiger partial charge in [-0.15, -0.1) is 0 Å². The third kappa shape index (κ3) is 3.96. The molecule has 0 spiro atoms. The number of rotatable bonds is 6. The number of halogens is 1. The summed E-state index contributed by atoms with van der Waals surface area (Å²) in [6.07, 6.45) is 3.59. The number of hydrogen-bond donors (Lipinski definition) is 2. The number of amidine groups is 2. The highest BCUT2D eigenvalue weighted by atomic mass is 32.2. The molecule has 2 atom stereocenters. The van der Waals surface area contributed by atoms with Gasteiger partial charge in [0.05, 0.1) is 12.7 Å². The normalized spacial score (nSPS) is 24.3. The molecule has 1 aromatic heterocycles. The molecule has 29 heavy (non-hydrogen) atoms. The minimum absolute atomic E-state index is 0.169. The van der Waals surface area contributed by atoms with Crippen LogP contribution in [0.5, 0.6) is 0 Å². The number of piperidine rings is 1. The lowest BCUT2D eigenvalue weighted by Gasteiger charge is -2.21. The van der Waals surface area contributed by atoms with Crippen LogP contribution in [0.2, 0.25) is 0 Å². The molecule has 1 aliphatic carbocycles. The van der Waals surface area contributed by atoms with Crippen LogP contribution in [-0.2, 0) is 5.41 Å². The Kier molecular flexibility index (Phi) is 5.48. The minimum atomic E-state index is -0.169. The van der Waals surface area contributed by atoms with E-state index in [0.717, 1.165) is 37.5 Å². The topological polar surface area (TPSA) is 82.1 Å². The van der Waals surface area contributed by atoms with Gasteiger partial charge in [0.2, 0.25) is 5.76 Å². The van der Waals surface area contributed by atoms with Crippen molar-refractivity contribution < 1.29 is 13.4 Å². The van der Waals surface area contributed by atoms with Gasteiger partial charge in [0.25, 0.3) is 11.0 Å². The Morgan fingerprint density at radius 2 is 2.21 bits per heavy atom. The van der Waals surface area contributed by atoms with Crippen molar-refractivity contribution in [2.45, 2.75) is 25.2 Å². The van der Waals surface area contributed by atoms with E-state index in [9.17, 15) is 4.39 Å². The number of oxazole rings is 1. The van der Waals surface area contributed by atoms with Crippen LogP contribution in [0.1, 0.15) is 29.9 Å². The molecule has 3 N–H and O–H groups in total. The van der Waals surface area contributed by atoms with E-state index in [1.54, 1.807) is 23.8 Å². The van der Waals surface area contributed by atoms with Gasteiger partial charge >= 0.3 is 0 Å². The first-order valence-corrected chi connectivity index (χ1v) is 10.9. The van der Waals surface area contributed by atoms with E-state index in [4.69, 9.17) is 15.6 Å². The fourth-order valence-electron chi connectivity index (χ4n) is 4.35. The van der Waals surface area contributed by atoms with E-state index in [0.29, 0.717) is 22.7 Å². The zero-order valence-corrected chi connectivity index (χ0v) is 17.6. The monoisotopic (exact) mass is 416 g/mol. The summed E-state index contributed by atoms with van der Waals surface area (Å²) in [5.74, 6) is 2.30. The highest BCUT2D eigenvalue weighted by Gasteiger charge is 2.60. The van der Waals surface area contributed by atoms with Crippen LogP contribution in [0.15, 0.2) is 35.1 Å². The molecular formula is C21H27FN5OS+. The van der Waals surface area contributed by atoms with Crippen molar-refractivity contribution in [1.29, 1.82) is 5.41 Å². The van der Waals surface area contributed by atoms with Crippen molar-refractivity contribution in [3.8, 4) is 0 Å². The largest absolute Gasteiger partial charge is 0.437 e. The lowest BCUT2D eigenvalue weighted by molar-refractivity contribution is -0.366. The number of thioether (sulfide) groups is 1. The Morgan fingerprint density at radius 1 is 1.45 bits per heavy atom. The molecule has 0 radical (unpaired) electrons. The minimum Gasteiger partial charge on any atom is -0.437 e. The molecule has 1 aromatic carbocycles. The van der Waals surface area contributed by atoms with Gasteiger partial charge in [-0.3, -0.25) is 0 Å². The molecule has 1 saturated carbocycles. The van der Waals surface area contributed by atoms with Gasteiger partial charge in [-0.05, 0) is 49.9 Å². The summed E-state index contributed by atoms with van der Waals surface area (Å²) in [5, 5.41) is 8.66. The van der Waals surface area contributed by atoms with Crippen LogP contribution >= 0.6 is 11.8 Å². The number of nitrogens with zero attached hydrogens (tertiary/aromatic N) is 3. The maximum atomic E-state index is 13.2. The first kappa shape index (κ1) is 20.1. The summed E-state index contributed by atoms with van der Waals surface area (Å²) in [7, 11) is 1.77. The summed E-state index contributed by atoms with van der Waals surface area (Å²) in [6, 6.07) is 7.04. The van der Waals surface area contributed by atoms with Gasteiger partial charge in [0.15, 0.2) is 6.39 Å². The van der Waals surface area contributed by atoms with Crippen molar-refractivity contribution in [3.63, 3.8) is 0 Å². The zero-order valence-electron chi connectivity index (χ0n) is 16.8. The quantitative estimate of drug-likeness (QED) is 0.328. The number of likely N-dealkylation sites (tertiary alicyclic amines) is 1. The molecule has 2 aromatic rings. The first-order chi connectivity index (χ1) is 13.9. The van der Waals surface area contributed by atoms with E-state index in [1.165, 1.54) is 30.1 Å². The Bertz CT molecular complexity index is 941. The van der Waals surface area contributed by atoms with Crippen LogP contribution in [0, 0.1) is 24.1 Å². The molecular weight excluding hydrogens is 389 g/mol. The van der Waals surface area contributed by atoms with Crippen molar-refractivity contribution >= 4 is 22.8 Å². The smallest absolute Gasteiger partial charge is 0.290 e. The highest BCUT2D eigenvalue weighted by Crippen LogP contribution is 2.58. The van der Waals surface area contributed by atoms with Gasteiger partial charge < -0.3 is 15.1 Å². The maximum absolute atomic E-state index is 13.2. The number of fused-ring (bicyclic) bond motifs is 1. The summed E-state index contributed by atoms with van der Waals surface area (Å²) >= 11 is 1.49. The predicted molar refractivity (Wildman–Crippen MR) is 113 cm³/mol. The van der Waals surface area contributed by atoms with Gasteiger partial charge in [-0.25, -0.2) is 13.9 Å². The standard InChI is InChI=1S/C21H26FN5OS/c1-14-18(28-13-25-14)19(23)26(2)20(24)29-9-3-8-27-11-16-10-21(16,12-27)15-4-6-17(22)7-5-15/h4-7,13,16,23-24H,3,8-12H2,1-2H3/p+1/t16-,21+/m1/s1. The Balaban J connectivity index is 1.24. The maximum Gasteiger partial charge on any atom is 0.290 e. The van der Waals surface area contributed by atoms with E-state index in [1.807, 2.05) is 19.1 Å². The number of nitrogens with two attached hydrogens (primary N) is 1. The Labute approximate surface area is 174 Å². The molecule has 2 aliphatic rings. The fourth-order valence-corrected chi connectivity index (χ4v) is 5.11. The Hall–Kier alpha value is -2.19. The SMILES string of the molecule is Cc1ncoc1C(N)=[N+](C)C(=N)SCCCN1C[C@H]2C[C@@]2(c2ccc(F)cc2)C1. The molecule has 2 fully saturated rings. The first-order valence-electron chi connectivity index (χ1n) is 9.87. The number of benzene rings is 1. The van der Waals surface area contributed by atoms with Crippen molar-refractivity contribution in [2.24, 2.45) is 11.7 Å². The lowest BCUT2D eigenvalue weighted by atomic mass is 9.95. The van der Waals surface area contributed by atoms with Crippen LogP contribution < -0.4 is 5.73 Å². The van der Waals surface area contributed by atoms with E-state index < -0.39 is 0 Å². The van der Waals surface area contributed by atoms with Gasteiger partial charge in [0, 0.05) is 24.3 Å². The van der Waals surface area contributed by atoms with Crippen LogP contribution in [0.3, 0.4) is 0 Å². The van der Waals surface area contributed by atoms with Crippen LogP contribution in [0.25, 0.3) is 0 Å². The number of aromatic nitrogens is 1. The molecule has 0 unspecified atom stereocenters.